The molecule has 38 heavy (non-hydrogen) atoms. The van der Waals surface area contributed by atoms with E-state index in [0.29, 0.717) is 18.5 Å². The molecule has 5 aliphatic rings. The van der Waals surface area contributed by atoms with E-state index in [0.717, 1.165) is 24.1 Å². The van der Waals surface area contributed by atoms with Crippen molar-refractivity contribution in [2.75, 3.05) is 6.61 Å². The molecule has 2 heterocycles. The van der Waals surface area contributed by atoms with Gasteiger partial charge in [0.05, 0.1) is 17.7 Å². The van der Waals surface area contributed by atoms with Crippen LogP contribution in [-0.2, 0) is 24.6 Å². The largest absolute Gasteiger partial charge is 0.393 e. The summed E-state index contributed by atoms with van der Waals surface area (Å²) in [6.45, 7) is 11.7. The Morgan fingerprint density at radius 2 is 2.03 bits per heavy atom. The normalized spacial score (nSPS) is 43.8. The number of aliphatic hydroxyl groups is 2. The molecule has 1 aromatic rings. The summed E-state index contributed by atoms with van der Waals surface area (Å²) >= 11 is 0. The monoisotopic (exact) mass is 524 g/mol. The average Bonchev–Trinajstić information content (AvgIpc) is 3.48. The molecule has 0 aromatic carbocycles. The third-order valence-electron chi connectivity index (χ3n) is 10.6. The van der Waals surface area contributed by atoms with Crippen LogP contribution in [0.3, 0.4) is 0 Å². The quantitative estimate of drug-likeness (QED) is 0.622. The number of ether oxygens (including phenoxy) is 2. The number of rotatable bonds is 3. The van der Waals surface area contributed by atoms with Crippen molar-refractivity contribution < 1.29 is 29.3 Å². The van der Waals surface area contributed by atoms with Gasteiger partial charge < -0.3 is 19.7 Å². The number of nitrogens with zero attached hydrogens (tertiary/aromatic N) is 2. The Kier molecular flexibility index (Phi) is 5.63. The Balaban J connectivity index is 1.38. The fraction of sp³-hybridized carbons (Fsp3) is 0.700. The number of allylic oxidation sites excluding steroid dienone is 4. The lowest BCUT2D eigenvalue weighted by molar-refractivity contribution is -0.201. The second kappa shape index (κ2) is 8.19. The lowest BCUT2D eigenvalue weighted by Gasteiger charge is -2.59. The van der Waals surface area contributed by atoms with Gasteiger partial charge in [-0.05, 0) is 83.4 Å². The third kappa shape index (κ3) is 3.26. The topological polar surface area (TPSA) is 111 Å². The van der Waals surface area contributed by atoms with E-state index >= 15 is 0 Å². The van der Waals surface area contributed by atoms with Crippen molar-refractivity contribution in [3.05, 3.63) is 41.3 Å². The van der Waals surface area contributed by atoms with Gasteiger partial charge in [-0.15, -0.1) is 0 Å². The minimum absolute atomic E-state index is 0.00550. The maximum Gasteiger partial charge on any atom is 0.204 e. The van der Waals surface area contributed by atoms with Crippen LogP contribution in [0.4, 0.5) is 0 Å². The molecule has 0 spiro atoms. The summed E-state index contributed by atoms with van der Waals surface area (Å²) in [6, 6.07) is 1.94. The third-order valence-corrected chi connectivity index (χ3v) is 10.6. The molecular weight excluding hydrogens is 484 g/mol. The molecule has 3 saturated carbocycles. The highest BCUT2D eigenvalue weighted by Gasteiger charge is 2.76. The van der Waals surface area contributed by atoms with E-state index in [-0.39, 0.29) is 29.1 Å². The molecule has 9 atom stereocenters. The molecule has 2 N–H and O–H groups in total. The highest BCUT2D eigenvalue weighted by molar-refractivity contribution is 6.01. The molecule has 206 valence electrons. The number of hydrogen-bond acceptors (Lipinski definition) is 7. The Hall–Kier alpha value is -2.13. The molecule has 8 nitrogen and oxygen atoms in total. The van der Waals surface area contributed by atoms with Gasteiger partial charge >= 0.3 is 0 Å². The predicted molar refractivity (Wildman–Crippen MR) is 139 cm³/mol. The SMILES string of the molecule is Cc1cc(C2O[C@@H]3C[C@H]4[C@@H]5CCC6=CC(=O)C=C[C@]6(C)[C@H]5[C@@H](O)C[C@]4(C)[C@]3(C(=O)CO)O2)nn1C(C)(C)C. The maximum atomic E-state index is 13.7. The van der Waals surface area contributed by atoms with Gasteiger partial charge in [0, 0.05) is 22.4 Å². The Morgan fingerprint density at radius 3 is 2.68 bits per heavy atom. The first-order valence-corrected chi connectivity index (χ1v) is 13.9. The second-order valence-electron chi connectivity index (χ2n) is 13.6. The molecule has 6 rings (SSSR count). The average molecular weight is 525 g/mol. The van der Waals surface area contributed by atoms with Crippen LogP contribution >= 0.6 is 0 Å². The molecule has 1 unspecified atom stereocenters. The van der Waals surface area contributed by atoms with Gasteiger partial charge in [0.15, 0.2) is 17.2 Å². The first-order chi connectivity index (χ1) is 17.8. The van der Waals surface area contributed by atoms with Crippen LogP contribution in [-0.4, -0.2) is 56.0 Å². The standard InChI is InChI=1S/C30H40N2O6/c1-16-11-21(31-32(16)27(2,3)4)26-37-24-13-20-19-8-7-17-12-18(34)9-10-28(17,5)25(19)22(35)14-29(20,6)30(24,38-26)23(36)15-33/h9-12,19-20,22,24-26,33,35H,7-8,13-15H2,1-6H3/t19-,20-,22-,24+,25+,26?,28-,29-,30+/m0/s1. The van der Waals surface area contributed by atoms with E-state index in [1.807, 2.05) is 30.7 Å². The first-order valence-electron chi connectivity index (χ1n) is 13.9. The number of aliphatic hydroxyl groups excluding tert-OH is 2. The van der Waals surface area contributed by atoms with E-state index in [1.54, 1.807) is 12.2 Å². The zero-order valence-corrected chi connectivity index (χ0v) is 23.2. The van der Waals surface area contributed by atoms with Gasteiger partial charge in [0.25, 0.3) is 0 Å². The summed E-state index contributed by atoms with van der Waals surface area (Å²) in [5.41, 5.74) is -0.0350. The van der Waals surface area contributed by atoms with Crippen LogP contribution in [0.1, 0.15) is 78.0 Å². The summed E-state index contributed by atoms with van der Waals surface area (Å²) in [7, 11) is 0. The molecule has 0 amide bonds. The highest BCUT2D eigenvalue weighted by Crippen LogP contribution is 2.70. The van der Waals surface area contributed by atoms with Crippen molar-refractivity contribution in [3.63, 3.8) is 0 Å². The van der Waals surface area contributed by atoms with Gasteiger partial charge in [-0.2, -0.15) is 5.10 Å². The smallest absolute Gasteiger partial charge is 0.204 e. The lowest BCUT2D eigenvalue weighted by Crippen LogP contribution is -2.63. The van der Waals surface area contributed by atoms with Crippen LogP contribution in [0, 0.1) is 35.5 Å². The van der Waals surface area contributed by atoms with E-state index in [9.17, 15) is 19.8 Å². The van der Waals surface area contributed by atoms with Crippen molar-refractivity contribution in [1.29, 1.82) is 0 Å². The number of Topliss-reactive ketones (excluding diaryl/α,β-unsaturated/α-hetero) is 1. The molecular formula is C30H40N2O6. The summed E-state index contributed by atoms with van der Waals surface area (Å²) < 4.78 is 15.1. The highest BCUT2D eigenvalue weighted by atomic mass is 16.7. The van der Waals surface area contributed by atoms with Gasteiger partial charge in [-0.1, -0.05) is 25.5 Å². The van der Waals surface area contributed by atoms with Crippen LogP contribution in [0.2, 0.25) is 0 Å². The predicted octanol–water partition coefficient (Wildman–Crippen LogP) is 3.55. The van der Waals surface area contributed by atoms with Gasteiger partial charge in [0.2, 0.25) is 6.29 Å². The molecule has 1 aliphatic heterocycles. The fourth-order valence-corrected chi connectivity index (χ4v) is 9.11. The van der Waals surface area contributed by atoms with Crippen molar-refractivity contribution in [1.82, 2.24) is 9.78 Å². The number of carbonyl (C=O) groups excluding carboxylic acids is 2. The maximum absolute atomic E-state index is 13.7. The van der Waals surface area contributed by atoms with Gasteiger partial charge in [-0.3, -0.25) is 14.3 Å². The molecule has 0 bridgehead atoms. The molecule has 1 aromatic heterocycles. The van der Waals surface area contributed by atoms with E-state index in [1.165, 1.54) is 0 Å². The van der Waals surface area contributed by atoms with Crippen molar-refractivity contribution in [2.45, 2.75) is 96.9 Å². The number of carbonyl (C=O) groups is 2. The zero-order valence-electron chi connectivity index (χ0n) is 23.2. The van der Waals surface area contributed by atoms with Crippen molar-refractivity contribution in [2.24, 2.45) is 28.6 Å². The lowest BCUT2D eigenvalue weighted by atomic mass is 9.46. The van der Waals surface area contributed by atoms with Crippen molar-refractivity contribution >= 4 is 11.6 Å². The van der Waals surface area contributed by atoms with Crippen LogP contribution < -0.4 is 0 Å². The number of hydrogen-bond donors (Lipinski definition) is 2. The number of aromatic nitrogens is 2. The Labute approximate surface area is 224 Å². The Morgan fingerprint density at radius 1 is 1.29 bits per heavy atom. The van der Waals surface area contributed by atoms with E-state index < -0.39 is 47.3 Å². The fourth-order valence-electron chi connectivity index (χ4n) is 9.11. The second-order valence-corrected chi connectivity index (χ2v) is 13.6. The number of fused-ring (bicyclic) bond motifs is 7. The first kappa shape index (κ1) is 26.1. The molecule has 8 heteroatoms. The Bertz CT molecular complexity index is 1260. The number of aryl methyl sites for hydroxylation is 1. The van der Waals surface area contributed by atoms with E-state index in [4.69, 9.17) is 14.6 Å². The van der Waals surface area contributed by atoms with Crippen LogP contribution in [0.5, 0.6) is 0 Å². The van der Waals surface area contributed by atoms with E-state index in [2.05, 4.69) is 27.7 Å². The van der Waals surface area contributed by atoms with Crippen molar-refractivity contribution in [3.8, 4) is 0 Å². The summed E-state index contributed by atoms with van der Waals surface area (Å²) in [5.74, 6) is -0.253. The molecule has 4 fully saturated rings. The summed E-state index contributed by atoms with van der Waals surface area (Å²) in [6.07, 6.45) is 5.88. The molecule has 0 radical (unpaired) electrons. The molecule has 4 aliphatic carbocycles. The minimum Gasteiger partial charge on any atom is -0.393 e. The summed E-state index contributed by atoms with van der Waals surface area (Å²) in [4.78, 5) is 25.8. The minimum atomic E-state index is -1.36. The van der Waals surface area contributed by atoms with Crippen LogP contribution in [0.25, 0.3) is 0 Å². The zero-order chi connectivity index (χ0) is 27.4. The van der Waals surface area contributed by atoms with Gasteiger partial charge in [0.1, 0.15) is 12.3 Å². The summed E-state index contributed by atoms with van der Waals surface area (Å²) in [5, 5.41) is 26.7. The number of ketones is 2. The van der Waals surface area contributed by atoms with Crippen LogP contribution in [0.15, 0.2) is 29.9 Å². The van der Waals surface area contributed by atoms with Gasteiger partial charge in [-0.25, -0.2) is 0 Å². The molecule has 1 saturated heterocycles.